The average Bonchev–Trinajstić information content (AvgIpc) is 3.10. The molecule has 0 saturated carbocycles. The molecule has 6 nitrogen and oxygen atoms in total. The van der Waals surface area contributed by atoms with Gasteiger partial charge in [-0.15, -0.1) is 0 Å². The van der Waals surface area contributed by atoms with E-state index in [1.807, 2.05) is 11.9 Å². The van der Waals surface area contributed by atoms with E-state index in [0.29, 0.717) is 0 Å². The second-order valence-electron chi connectivity index (χ2n) is 9.07. The van der Waals surface area contributed by atoms with Gasteiger partial charge in [0, 0.05) is 61.2 Å². The van der Waals surface area contributed by atoms with Gasteiger partial charge in [0.25, 0.3) is 0 Å². The van der Waals surface area contributed by atoms with Crippen LogP contribution in [0.2, 0.25) is 0 Å². The van der Waals surface area contributed by atoms with Crippen LogP contribution in [0.1, 0.15) is 12.0 Å². The van der Waals surface area contributed by atoms with Crippen molar-refractivity contribution in [2.75, 3.05) is 56.4 Å². The number of rotatable bonds is 7. The molecule has 0 aliphatic carbocycles. The highest BCUT2D eigenvalue weighted by Gasteiger charge is 2.19. The molecule has 2 aliphatic heterocycles. The second kappa shape index (κ2) is 14.9. The van der Waals surface area contributed by atoms with Crippen LogP contribution in [-0.4, -0.2) is 76.7 Å². The van der Waals surface area contributed by atoms with Crippen LogP contribution in [0.5, 0.6) is 0 Å². The fourth-order valence-electron chi connectivity index (χ4n) is 4.33. The summed E-state index contributed by atoms with van der Waals surface area (Å²) in [5.41, 5.74) is 4.70. The average molecular weight is 661 g/mol. The number of benzene rings is 3. The first-order valence-electron chi connectivity index (χ1n) is 12.7. The predicted molar refractivity (Wildman–Crippen MR) is 170 cm³/mol. The van der Waals surface area contributed by atoms with Gasteiger partial charge in [-0.2, -0.15) is 0 Å². The first-order valence-corrected chi connectivity index (χ1v) is 15.5. The number of nitrogens with zero attached hydrogens (tertiary/aromatic N) is 4. The Balaban J connectivity index is 0.000000786. The van der Waals surface area contributed by atoms with Gasteiger partial charge in [-0.3, -0.25) is 9.89 Å². The van der Waals surface area contributed by atoms with Gasteiger partial charge in [-0.25, -0.2) is 4.79 Å². The lowest BCUT2D eigenvalue weighted by Crippen LogP contribution is -2.45. The summed E-state index contributed by atoms with van der Waals surface area (Å²) in [5, 5.41) is 7.40. The molecule has 0 spiro atoms. The van der Waals surface area contributed by atoms with Crippen LogP contribution in [0.3, 0.4) is 0 Å². The summed E-state index contributed by atoms with van der Waals surface area (Å²) in [6, 6.07) is 28.0. The molecule has 0 aromatic heterocycles. The third kappa shape index (κ3) is 9.01. The zero-order valence-electron chi connectivity index (χ0n) is 21.5. The number of hydrogen-bond donors (Lipinski definition) is 1. The van der Waals surface area contributed by atoms with Gasteiger partial charge in [-0.05, 0) is 61.0 Å². The molecule has 0 atom stereocenters. The summed E-state index contributed by atoms with van der Waals surface area (Å²) in [6.45, 7) is 6.84. The largest absolute Gasteiger partial charge is 0.474 e. The summed E-state index contributed by atoms with van der Waals surface area (Å²) in [4.78, 5) is 21.6. The van der Waals surface area contributed by atoms with Gasteiger partial charge < -0.3 is 14.3 Å². The monoisotopic (exact) mass is 660 g/mol. The number of fused-ring (bicyclic) bond motifs is 1. The van der Waals surface area contributed by atoms with Crippen LogP contribution in [0.15, 0.2) is 93.6 Å². The van der Waals surface area contributed by atoms with E-state index in [0.717, 1.165) is 31.0 Å². The van der Waals surface area contributed by atoms with Gasteiger partial charge >= 0.3 is 3.98 Å². The van der Waals surface area contributed by atoms with Crippen molar-refractivity contribution in [3.63, 3.8) is 0 Å². The van der Waals surface area contributed by atoms with E-state index in [1.54, 1.807) is 11.8 Å². The van der Waals surface area contributed by atoms with Gasteiger partial charge in [0.15, 0.2) is 0 Å². The van der Waals surface area contributed by atoms with Crippen molar-refractivity contribution < 1.29 is 9.90 Å². The summed E-state index contributed by atoms with van der Waals surface area (Å²) in [6.07, 6.45) is 0.946. The molecule has 5 rings (SSSR count). The maximum absolute atomic E-state index is 8.99. The molecule has 0 radical (unpaired) electrons. The van der Waals surface area contributed by atoms with Crippen LogP contribution in [0.25, 0.3) is 0 Å². The number of hydrogen-bond acceptors (Lipinski definition) is 7. The molecule has 0 unspecified atom stereocenters. The molecule has 3 aromatic rings. The fourth-order valence-corrected chi connectivity index (χ4v) is 6.25. The molecular formula is C29H33IN4O2S2. The highest BCUT2D eigenvalue weighted by molar-refractivity contribution is 14.1. The number of carboxylic acid groups (broad SMARTS) is 1. The molecule has 2 aliphatic rings. The van der Waals surface area contributed by atoms with Gasteiger partial charge in [0.2, 0.25) is 0 Å². The molecule has 2 heterocycles. The molecule has 38 heavy (non-hydrogen) atoms. The van der Waals surface area contributed by atoms with Crippen molar-refractivity contribution in [3.05, 3.63) is 84.4 Å². The molecular weight excluding hydrogens is 627 g/mol. The summed E-state index contributed by atoms with van der Waals surface area (Å²) in [5.74, 6) is 1.11. The van der Waals surface area contributed by atoms with Crippen molar-refractivity contribution in [1.82, 2.24) is 9.80 Å². The van der Waals surface area contributed by atoms with Crippen LogP contribution < -0.4 is 4.31 Å². The third-order valence-electron chi connectivity index (χ3n) is 6.37. The van der Waals surface area contributed by atoms with Gasteiger partial charge in [0.1, 0.15) is 0 Å². The Kier molecular flexibility index (Phi) is 11.4. The maximum Gasteiger partial charge on any atom is 0.364 e. The van der Waals surface area contributed by atoms with Gasteiger partial charge in [0.05, 0.1) is 39.7 Å². The minimum absolute atomic E-state index is 0.863. The molecule has 1 N–H and O–H groups in total. The Bertz CT molecular complexity index is 1200. The Hall–Kier alpha value is -2.05. The predicted octanol–water partition coefficient (Wildman–Crippen LogP) is 7.16. The number of anilines is 1. The number of carbonyl (C=O) groups is 1. The van der Waals surface area contributed by atoms with E-state index in [2.05, 4.69) is 100 Å². The van der Waals surface area contributed by atoms with Crippen LogP contribution in [-0.2, 0) is 0 Å². The number of halogens is 1. The Labute approximate surface area is 247 Å². The Morgan fingerprint density at radius 3 is 2.24 bits per heavy atom. The number of likely N-dealkylation sites (N-methyl/N-ethyl adjacent to an activating group) is 1. The number of aliphatic imine (C=N–C) groups is 1. The lowest BCUT2D eigenvalue weighted by Gasteiger charge is -2.32. The van der Waals surface area contributed by atoms with E-state index < -0.39 is 3.98 Å². The van der Waals surface area contributed by atoms with E-state index in [4.69, 9.17) is 14.9 Å². The smallest absolute Gasteiger partial charge is 0.364 e. The first kappa shape index (κ1) is 28.9. The molecule has 9 heteroatoms. The van der Waals surface area contributed by atoms with Crippen LogP contribution in [0.4, 0.5) is 16.2 Å². The molecule has 1 fully saturated rings. The minimum atomic E-state index is -0.863. The normalized spacial score (nSPS) is 16.1. The van der Waals surface area contributed by atoms with Crippen molar-refractivity contribution in [1.29, 1.82) is 0 Å². The highest BCUT2D eigenvalue weighted by Crippen LogP contribution is 2.36. The summed E-state index contributed by atoms with van der Waals surface area (Å²) in [7, 11) is 2.22. The summed E-state index contributed by atoms with van der Waals surface area (Å²) >= 11 is 5.01. The van der Waals surface area contributed by atoms with E-state index in [9.17, 15) is 0 Å². The molecule has 1 saturated heterocycles. The highest BCUT2D eigenvalue weighted by atomic mass is 127. The Morgan fingerprint density at radius 2 is 1.53 bits per heavy atom. The van der Waals surface area contributed by atoms with E-state index in [-0.39, 0.29) is 0 Å². The topological polar surface area (TPSA) is 59.4 Å². The molecule has 0 bridgehead atoms. The van der Waals surface area contributed by atoms with Crippen molar-refractivity contribution in [3.8, 4) is 0 Å². The van der Waals surface area contributed by atoms with Crippen LogP contribution >= 0.6 is 46.3 Å². The fraction of sp³-hybridized carbons (Fsp3) is 0.310. The van der Waals surface area contributed by atoms with Crippen molar-refractivity contribution >= 4 is 67.4 Å². The first-order chi connectivity index (χ1) is 18.5. The zero-order chi connectivity index (χ0) is 26.7. The minimum Gasteiger partial charge on any atom is -0.474 e. The second-order valence-corrected chi connectivity index (χ2v) is 12.2. The molecule has 0 amide bonds. The van der Waals surface area contributed by atoms with E-state index in [1.165, 1.54) is 75.5 Å². The molecule has 200 valence electrons. The van der Waals surface area contributed by atoms with Crippen molar-refractivity contribution in [2.24, 2.45) is 4.99 Å². The molecule has 3 aromatic carbocycles. The zero-order valence-corrected chi connectivity index (χ0v) is 25.3. The lowest BCUT2D eigenvalue weighted by molar-refractivity contribution is 0.161. The third-order valence-corrected chi connectivity index (χ3v) is 8.45. The van der Waals surface area contributed by atoms with Crippen LogP contribution in [0, 0.1) is 0 Å². The summed E-state index contributed by atoms with van der Waals surface area (Å²) < 4.78 is 1.60. The van der Waals surface area contributed by atoms with Gasteiger partial charge in [-0.1, -0.05) is 54.2 Å². The van der Waals surface area contributed by atoms with Crippen molar-refractivity contribution in [2.45, 2.75) is 16.2 Å². The lowest BCUT2D eigenvalue weighted by atomic mass is 10.1. The maximum atomic E-state index is 8.99. The standard InChI is InChI=1S/C28H32N4S2.CHIO2/c1-30-17-19-31(20-18-30)21-22-33-32-16-15-26(29-27-9-5-6-10-28(27)32)23-11-13-25(14-12-23)34-24-7-3-2-4-8-24;2-1(3)4/h2-14H,15-22H2,1H3;(H,3,4). The Morgan fingerprint density at radius 1 is 0.895 bits per heavy atom. The number of piperazine rings is 1. The quantitative estimate of drug-likeness (QED) is 0.164. The van der Waals surface area contributed by atoms with E-state index >= 15 is 0 Å². The number of para-hydroxylation sites is 2. The SMILES string of the molecule is CN1CCN(CCSN2CCC(c3ccc(Sc4ccccc4)cc3)=Nc3ccccc32)CC1.O=C(O)I.